The van der Waals surface area contributed by atoms with Crippen LogP contribution in [-0.2, 0) is 17.9 Å². The zero-order valence-electron chi connectivity index (χ0n) is 21.3. The summed E-state index contributed by atoms with van der Waals surface area (Å²) in [6, 6.07) is 17.9. The van der Waals surface area contributed by atoms with Crippen LogP contribution < -0.4 is 10.6 Å². The van der Waals surface area contributed by atoms with Crippen LogP contribution in [0, 0.1) is 5.41 Å². The van der Waals surface area contributed by atoms with Gasteiger partial charge in [0.05, 0.1) is 5.69 Å². The Morgan fingerprint density at radius 2 is 1.66 bits per heavy atom. The molecular formula is C28H35N5O2. The van der Waals surface area contributed by atoms with Gasteiger partial charge in [-0.2, -0.15) is 0 Å². The minimum absolute atomic E-state index is 0.218. The second kappa shape index (κ2) is 10.0. The molecule has 0 aliphatic carbocycles. The maximum Gasteiger partial charge on any atom is 0.272 e. The van der Waals surface area contributed by atoms with E-state index >= 15 is 0 Å². The Bertz CT molecular complexity index is 1210. The van der Waals surface area contributed by atoms with E-state index in [0.29, 0.717) is 12.2 Å². The Morgan fingerprint density at radius 3 is 2.34 bits per heavy atom. The number of rotatable bonds is 5. The fourth-order valence-electron chi connectivity index (χ4n) is 4.61. The summed E-state index contributed by atoms with van der Waals surface area (Å²) in [7, 11) is 3.64. The fraction of sp³-hybridized carbons (Fsp3) is 0.393. The molecule has 0 saturated heterocycles. The van der Waals surface area contributed by atoms with E-state index in [0.717, 1.165) is 47.7 Å². The number of nitrogens with one attached hydrogen (secondary N) is 2. The van der Waals surface area contributed by atoms with E-state index in [9.17, 15) is 9.59 Å². The standard InChI is InChI=1S/C28H35N5O2/c1-28(2,3)24(27(35)29-4)31-26(34)23-22-18-32(5)15-10-16-33(22)25(30-23)21-14-9-13-20(17-21)19-11-7-6-8-12-19/h6-9,11-14,17,24H,10,15-16,18H2,1-5H3,(H,29,35)(H,31,34)/t24-/m1/s1. The Balaban J connectivity index is 1.77. The van der Waals surface area contributed by atoms with Gasteiger partial charge in [-0.3, -0.25) is 9.59 Å². The summed E-state index contributed by atoms with van der Waals surface area (Å²) in [4.78, 5) is 33.2. The van der Waals surface area contributed by atoms with Crippen molar-refractivity contribution in [3.63, 3.8) is 0 Å². The number of benzene rings is 2. The Kier molecular flexibility index (Phi) is 7.08. The molecule has 3 aromatic rings. The van der Waals surface area contributed by atoms with Gasteiger partial charge in [0.2, 0.25) is 5.91 Å². The first-order chi connectivity index (χ1) is 16.7. The molecule has 2 aromatic carbocycles. The Hall–Kier alpha value is -3.45. The van der Waals surface area contributed by atoms with Crippen LogP contribution in [0.3, 0.4) is 0 Å². The van der Waals surface area contributed by atoms with Crippen LogP contribution in [0.25, 0.3) is 22.5 Å². The van der Waals surface area contributed by atoms with E-state index in [-0.39, 0.29) is 11.8 Å². The average Bonchev–Trinajstić information content (AvgIpc) is 3.08. The van der Waals surface area contributed by atoms with Gasteiger partial charge in [0.1, 0.15) is 11.9 Å². The van der Waals surface area contributed by atoms with Crippen molar-refractivity contribution >= 4 is 11.8 Å². The molecule has 35 heavy (non-hydrogen) atoms. The number of carbonyl (C=O) groups excluding carboxylic acids is 2. The highest BCUT2D eigenvalue weighted by molar-refractivity contribution is 5.98. The second-order valence-electron chi connectivity index (χ2n) is 10.3. The Labute approximate surface area is 207 Å². The second-order valence-corrected chi connectivity index (χ2v) is 10.3. The van der Waals surface area contributed by atoms with Crippen molar-refractivity contribution in [3.8, 4) is 22.5 Å². The molecule has 184 valence electrons. The molecule has 1 aliphatic rings. The van der Waals surface area contributed by atoms with E-state index in [2.05, 4.69) is 51.4 Å². The molecule has 0 bridgehead atoms. The van der Waals surface area contributed by atoms with E-state index in [1.165, 1.54) is 0 Å². The number of hydrogen-bond acceptors (Lipinski definition) is 4. The summed E-state index contributed by atoms with van der Waals surface area (Å²) in [6.45, 7) is 8.16. The number of fused-ring (bicyclic) bond motifs is 1. The zero-order valence-corrected chi connectivity index (χ0v) is 21.3. The van der Waals surface area contributed by atoms with Gasteiger partial charge in [0, 0.05) is 25.7 Å². The summed E-state index contributed by atoms with van der Waals surface area (Å²) in [5, 5.41) is 5.64. The van der Waals surface area contributed by atoms with Gasteiger partial charge < -0.3 is 20.1 Å². The normalized spacial score (nSPS) is 15.1. The van der Waals surface area contributed by atoms with Crippen LogP contribution in [0.5, 0.6) is 0 Å². The lowest BCUT2D eigenvalue weighted by atomic mass is 9.86. The third-order valence-electron chi connectivity index (χ3n) is 6.51. The molecule has 2 amide bonds. The van der Waals surface area contributed by atoms with E-state index in [1.54, 1.807) is 7.05 Å². The van der Waals surface area contributed by atoms with Gasteiger partial charge in [-0.15, -0.1) is 0 Å². The van der Waals surface area contributed by atoms with Crippen molar-refractivity contribution in [2.24, 2.45) is 5.41 Å². The number of hydrogen-bond donors (Lipinski definition) is 2. The maximum absolute atomic E-state index is 13.6. The molecule has 4 rings (SSSR count). The van der Waals surface area contributed by atoms with Crippen LogP contribution in [-0.4, -0.2) is 52.9 Å². The van der Waals surface area contributed by atoms with Crippen molar-refractivity contribution in [1.29, 1.82) is 0 Å². The molecule has 7 heteroatoms. The first kappa shape index (κ1) is 24.7. The summed E-state index contributed by atoms with van der Waals surface area (Å²) in [6.07, 6.45) is 0.967. The van der Waals surface area contributed by atoms with Crippen LogP contribution >= 0.6 is 0 Å². The zero-order chi connectivity index (χ0) is 25.2. The van der Waals surface area contributed by atoms with Crippen molar-refractivity contribution in [2.75, 3.05) is 20.6 Å². The molecule has 0 spiro atoms. The highest BCUT2D eigenvalue weighted by Gasteiger charge is 2.34. The summed E-state index contributed by atoms with van der Waals surface area (Å²) in [5.41, 5.74) is 4.02. The monoisotopic (exact) mass is 473 g/mol. The molecule has 1 aliphatic heterocycles. The topological polar surface area (TPSA) is 79.3 Å². The number of aromatic nitrogens is 2. The van der Waals surface area contributed by atoms with Gasteiger partial charge in [-0.25, -0.2) is 4.98 Å². The smallest absolute Gasteiger partial charge is 0.272 e. The lowest BCUT2D eigenvalue weighted by molar-refractivity contribution is -0.124. The first-order valence-corrected chi connectivity index (χ1v) is 12.2. The van der Waals surface area contributed by atoms with Gasteiger partial charge in [0.15, 0.2) is 5.69 Å². The quantitative estimate of drug-likeness (QED) is 0.588. The molecule has 1 atom stereocenters. The minimum Gasteiger partial charge on any atom is -0.357 e. The summed E-state index contributed by atoms with van der Waals surface area (Å²) >= 11 is 0. The third-order valence-corrected chi connectivity index (χ3v) is 6.51. The summed E-state index contributed by atoms with van der Waals surface area (Å²) in [5.74, 6) is 0.243. The van der Waals surface area contributed by atoms with Crippen LogP contribution in [0.15, 0.2) is 54.6 Å². The van der Waals surface area contributed by atoms with E-state index in [4.69, 9.17) is 4.98 Å². The van der Waals surface area contributed by atoms with Gasteiger partial charge >= 0.3 is 0 Å². The van der Waals surface area contributed by atoms with Crippen molar-refractivity contribution in [2.45, 2.75) is 46.3 Å². The van der Waals surface area contributed by atoms with E-state index in [1.807, 2.05) is 51.1 Å². The molecule has 2 heterocycles. The molecule has 1 aromatic heterocycles. The molecule has 7 nitrogen and oxygen atoms in total. The summed E-state index contributed by atoms with van der Waals surface area (Å²) < 4.78 is 2.18. The van der Waals surface area contributed by atoms with Crippen molar-refractivity contribution in [1.82, 2.24) is 25.1 Å². The highest BCUT2D eigenvalue weighted by atomic mass is 16.2. The molecular weight excluding hydrogens is 438 g/mol. The number of imidazole rings is 1. The highest BCUT2D eigenvalue weighted by Crippen LogP contribution is 2.30. The average molecular weight is 474 g/mol. The predicted octanol–water partition coefficient (Wildman–Crippen LogP) is 3.94. The molecule has 0 unspecified atom stereocenters. The fourth-order valence-corrected chi connectivity index (χ4v) is 4.61. The largest absolute Gasteiger partial charge is 0.357 e. The van der Waals surface area contributed by atoms with Gasteiger partial charge in [-0.1, -0.05) is 69.3 Å². The Morgan fingerprint density at radius 1 is 0.971 bits per heavy atom. The molecule has 2 N–H and O–H groups in total. The number of nitrogens with zero attached hydrogens (tertiary/aromatic N) is 3. The van der Waals surface area contributed by atoms with E-state index < -0.39 is 11.5 Å². The number of amides is 2. The predicted molar refractivity (Wildman–Crippen MR) is 139 cm³/mol. The SMILES string of the molecule is CNC(=O)[C@@H](NC(=O)c1nc(-c2cccc(-c3ccccc3)c2)n2c1CN(C)CCC2)C(C)(C)C. The van der Waals surface area contributed by atoms with Crippen LogP contribution in [0.2, 0.25) is 0 Å². The lowest BCUT2D eigenvalue weighted by Crippen LogP contribution is -2.53. The molecule has 0 radical (unpaired) electrons. The third kappa shape index (κ3) is 5.30. The van der Waals surface area contributed by atoms with Crippen LogP contribution in [0.4, 0.5) is 0 Å². The van der Waals surface area contributed by atoms with Gasteiger partial charge in [-0.05, 0) is 42.6 Å². The van der Waals surface area contributed by atoms with Crippen molar-refractivity contribution < 1.29 is 9.59 Å². The first-order valence-electron chi connectivity index (χ1n) is 12.2. The maximum atomic E-state index is 13.6. The number of likely N-dealkylation sites (N-methyl/N-ethyl adjacent to an activating group) is 1. The van der Waals surface area contributed by atoms with Gasteiger partial charge in [0.25, 0.3) is 5.91 Å². The number of carbonyl (C=O) groups is 2. The van der Waals surface area contributed by atoms with Crippen molar-refractivity contribution in [3.05, 3.63) is 66.0 Å². The van der Waals surface area contributed by atoms with Crippen LogP contribution in [0.1, 0.15) is 43.4 Å². The minimum atomic E-state index is -0.675. The molecule has 0 saturated carbocycles. The lowest BCUT2D eigenvalue weighted by Gasteiger charge is -2.29. The molecule has 0 fully saturated rings.